The summed E-state index contributed by atoms with van der Waals surface area (Å²) in [5.74, 6) is 2.00. The molecule has 0 aromatic rings. The first-order chi connectivity index (χ1) is 5.83. The van der Waals surface area contributed by atoms with Crippen LogP contribution in [0.15, 0.2) is 17.7 Å². The summed E-state index contributed by atoms with van der Waals surface area (Å²) in [6, 6.07) is 0. The molecule has 0 aromatic carbocycles. The molecular formula is C9H9NO2. The lowest BCUT2D eigenvalue weighted by atomic mass is 9.82. The Bertz CT molecular complexity index is 300. The van der Waals surface area contributed by atoms with E-state index in [4.69, 9.17) is 0 Å². The highest BCUT2D eigenvalue weighted by Gasteiger charge is 2.37. The van der Waals surface area contributed by atoms with Crippen LogP contribution in [0.4, 0.5) is 0 Å². The number of hydrogen-bond acceptors (Lipinski definition) is 2. The number of rotatable bonds is 0. The van der Waals surface area contributed by atoms with E-state index in [-0.39, 0.29) is 17.7 Å². The molecule has 2 rings (SSSR count). The molecule has 0 saturated carbocycles. The maximum Gasteiger partial charge on any atom is 0.224 e. The molecule has 1 aliphatic heterocycles. The number of nitrogens with one attached hydrogen (secondary N) is 1. The van der Waals surface area contributed by atoms with E-state index in [1.165, 1.54) is 0 Å². The number of carbonyl (C=O) groups is 1. The molecular weight excluding hydrogens is 154 g/mol. The molecule has 0 aromatic heterocycles. The second-order valence-electron chi connectivity index (χ2n) is 3.15. The molecule has 1 fully saturated rings. The smallest absolute Gasteiger partial charge is 0.224 e. The summed E-state index contributed by atoms with van der Waals surface area (Å²) >= 11 is 0. The molecule has 2 aliphatic rings. The molecule has 3 nitrogen and oxygen atoms in total. The highest BCUT2D eigenvalue weighted by molar-refractivity contribution is 5.83. The minimum Gasteiger partial charge on any atom is -0.355 e. The van der Waals surface area contributed by atoms with E-state index in [0.717, 1.165) is 6.42 Å². The van der Waals surface area contributed by atoms with Crippen molar-refractivity contribution >= 4 is 11.8 Å². The van der Waals surface area contributed by atoms with Crippen LogP contribution in [-0.4, -0.2) is 18.4 Å². The van der Waals surface area contributed by atoms with Gasteiger partial charge in [-0.1, -0.05) is 12.2 Å². The third kappa shape index (κ3) is 0.908. The third-order valence-electron chi connectivity index (χ3n) is 2.52. The lowest BCUT2D eigenvalue weighted by Crippen LogP contribution is -2.21. The van der Waals surface area contributed by atoms with Crippen molar-refractivity contribution in [3.05, 3.63) is 17.7 Å². The number of carbonyl (C=O) groups excluding carboxylic acids is 2. The maximum absolute atomic E-state index is 11.2. The van der Waals surface area contributed by atoms with Gasteiger partial charge in [-0.2, -0.15) is 0 Å². The molecule has 12 heavy (non-hydrogen) atoms. The molecule has 2 atom stereocenters. The van der Waals surface area contributed by atoms with Crippen LogP contribution < -0.4 is 5.32 Å². The second kappa shape index (κ2) is 2.61. The Morgan fingerprint density at radius 3 is 3.08 bits per heavy atom. The monoisotopic (exact) mass is 163 g/mol. The molecule has 3 heteroatoms. The quantitative estimate of drug-likeness (QED) is 0.513. The fourth-order valence-corrected chi connectivity index (χ4v) is 1.84. The van der Waals surface area contributed by atoms with Crippen molar-refractivity contribution in [2.45, 2.75) is 6.42 Å². The minimum atomic E-state index is -0.0218. The third-order valence-corrected chi connectivity index (χ3v) is 2.52. The van der Waals surface area contributed by atoms with Crippen LogP contribution >= 0.6 is 0 Å². The second-order valence-corrected chi connectivity index (χ2v) is 3.15. The van der Waals surface area contributed by atoms with Crippen molar-refractivity contribution in [2.75, 3.05) is 6.54 Å². The lowest BCUT2D eigenvalue weighted by Gasteiger charge is -2.17. The number of allylic oxidation sites excluding steroid dienone is 2. The Morgan fingerprint density at radius 2 is 2.33 bits per heavy atom. The van der Waals surface area contributed by atoms with Gasteiger partial charge in [0.05, 0.1) is 5.92 Å². The van der Waals surface area contributed by atoms with Crippen LogP contribution in [0.3, 0.4) is 0 Å². The largest absolute Gasteiger partial charge is 0.355 e. The summed E-state index contributed by atoms with van der Waals surface area (Å²) < 4.78 is 0. The first kappa shape index (κ1) is 7.32. The van der Waals surface area contributed by atoms with Gasteiger partial charge in [0.15, 0.2) is 0 Å². The van der Waals surface area contributed by atoms with Crippen LogP contribution in [0.2, 0.25) is 0 Å². The standard InChI is InChI=1S/C9H9NO2/c11-5-6-2-1-3-7-8(6)4-10-9(7)12/h1-2,7-8H,3-4H2,(H,10,12). The average molecular weight is 163 g/mol. The van der Waals surface area contributed by atoms with E-state index in [2.05, 4.69) is 5.32 Å². The maximum atomic E-state index is 11.2. The predicted octanol–water partition coefficient (Wildman–Crippen LogP) is 0.0665. The van der Waals surface area contributed by atoms with Gasteiger partial charge in [0.2, 0.25) is 5.91 Å². The zero-order chi connectivity index (χ0) is 8.55. The van der Waals surface area contributed by atoms with Gasteiger partial charge in [-0.05, 0) is 6.42 Å². The first-order valence-corrected chi connectivity index (χ1v) is 4.02. The van der Waals surface area contributed by atoms with Crippen LogP contribution in [0.25, 0.3) is 0 Å². The lowest BCUT2D eigenvalue weighted by molar-refractivity contribution is -0.122. The molecule has 0 spiro atoms. The van der Waals surface area contributed by atoms with E-state index in [9.17, 15) is 9.59 Å². The van der Waals surface area contributed by atoms with Crippen LogP contribution in [-0.2, 0) is 9.59 Å². The highest BCUT2D eigenvalue weighted by Crippen LogP contribution is 2.31. The fraction of sp³-hybridized carbons (Fsp3) is 0.444. The first-order valence-electron chi connectivity index (χ1n) is 4.02. The predicted molar refractivity (Wildman–Crippen MR) is 43.0 cm³/mol. The van der Waals surface area contributed by atoms with Crippen LogP contribution in [0, 0.1) is 11.8 Å². The van der Waals surface area contributed by atoms with Gasteiger partial charge < -0.3 is 5.32 Å². The molecule has 2 unspecified atom stereocenters. The normalized spacial score (nSPS) is 32.7. The summed E-state index contributed by atoms with van der Waals surface area (Å²) in [5, 5.41) is 2.75. The Morgan fingerprint density at radius 1 is 1.50 bits per heavy atom. The highest BCUT2D eigenvalue weighted by atomic mass is 16.2. The van der Waals surface area contributed by atoms with Crippen molar-refractivity contribution in [2.24, 2.45) is 11.8 Å². The van der Waals surface area contributed by atoms with Gasteiger partial charge in [-0.15, -0.1) is 0 Å². The SMILES string of the molecule is O=C=C1C=CCC2C(=O)NCC12. The van der Waals surface area contributed by atoms with Gasteiger partial charge in [0.25, 0.3) is 0 Å². The zero-order valence-corrected chi connectivity index (χ0v) is 6.54. The van der Waals surface area contributed by atoms with Crippen LogP contribution in [0.1, 0.15) is 6.42 Å². The van der Waals surface area contributed by atoms with E-state index in [0.29, 0.717) is 12.1 Å². The average Bonchev–Trinajstić information content (AvgIpc) is 2.48. The summed E-state index contributed by atoms with van der Waals surface area (Å²) in [4.78, 5) is 21.6. The molecule has 1 N–H and O–H groups in total. The fourth-order valence-electron chi connectivity index (χ4n) is 1.84. The van der Waals surface area contributed by atoms with Gasteiger partial charge in [0.1, 0.15) is 5.94 Å². The Balaban J connectivity index is 2.35. The Labute approximate surface area is 70.1 Å². The molecule has 1 heterocycles. The number of hydrogen-bond donors (Lipinski definition) is 1. The summed E-state index contributed by atoms with van der Waals surface area (Å²) in [6.07, 6.45) is 4.39. The van der Waals surface area contributed by atoms with Crippen LogP contribution in [0.5, 0.6) is 0 Å². The molecule has 62 valence electrons. The van der Waals surface area contributed by atoms with E-state index < -0.39 is 0 Å². The summed E-state index contributed by atoms with van der Waals surface area (Å²) in [7, 11) is 0. The summed E-state index contributed by atoms with van der Waals surface area (Å²) in [5.41, 5.74) is 0.629. The van der Waals surface area contributed by atoms with Gasteiger partial charge >= 0.3 is 0 Å². The molecule has 1 saturated heterocycles. The minimum absolute atomic E-state index is 0.0218. The van der Waals surface area contributed by atoms with E-state index in [1.807, 2.05) is 12.0 Å². The topological polar surface area (TPSA) is 46.2 Å². The summed E-state index contributed by atoms with van der Waals surface area (Å²) in [6.45, 7) is 0.596. The van der Waals surface area contributed by atoms with Gasteiger partial charge in [0, 0.05) is 18.0 Å². The number of amides is 1. The van der Waals surface area contributed by atoms with Gasteiger partial charge in [-0.3, -0.25) is 4.79 Å². The molecule has 0 radical (unpaired) electrons. The van der Waals surface area contributed by atoms with Crippen molar-refractivity contribution in [1.29, 1.82) is 0 Å². The number of fused-ring (bicyclic) bond motifs is 1. The van der Waals surface area contributed by atoms with Gasteiger partial charge in [-0.25, -0.2) is 4.79 Å². The Kier molecular flexibility index (Phi) is 1.59. The van der Waals surface area contributed by atoms with E-state index >= 15 is 0 Å². The van der Waals surface area contributed by atoms with Crippen molar-refractivity contribution in [3.63, 3.8) is 0 Å². The Hall–Kier alpha value is -1.34. The molecule has 0 bridgehead atoms. The van der Waals surface area contributed by atoms with Crippen molar-refractivity contribution in [1.82, 2.24) is 5.32 Å². The zero-order valence-electron chi connectivity index (χ0n) is 6.54. The van der Waals surface area contributed by atoms with Crippen molar-refractivity contribution < 1.29 is 9.59 Å². The molecule has 1 amide bonds. The van der Waals surface area contributed by atoms with Crippen molar-refractivity contribution in [3.8, 4) is 0 Å². The van der Waals surface area contributed by atoms with E-state index in [1.54, 1.807) is 6.08 Å². The molecule has 1 aliphatic carbocycles.